The van der Waals surface area contributed by atoms with Crippen molar-refractivity contribution >= 4 is 5.97 Å². The number of halogens is 3. The maximum absolute atomic E-state index is 12.2. The Kier molecular flexibility index (Phi) is 5.62. The van der Waals surface area contributed by atoms with E-state index in [1.165, 1.54) is 18.2 Å². The third kappa shape index (κ3) is 6.10. The van der Waals surface area contributed by atoms with Gasteiger partial charge in [0, 0.05) is 12.1 Å². The van der Waals surface area contributed by atoms with Crippen LogP contribution in [-0.4, -0.2) is 25.5 Å². The van der Waals surface area contributed by atoms with Gasteiger partial charge in [0.1, 0.15) is 5.75 Å². The quantitative estimate of drug-likeness (QED) is 0.810. The predicted octanol–water partition coefficient (Wildman–Crippen LogP) is 2.24. The summed E-state index contributed by atoms with van der Waals surface area (Å²) in [6.45, 7) is 1.93. The summed E-state index contributed by atoms with van der Waals surface area (Å²) in [5, 5.41) is 2.69. The molecule has 0 bridgehead atoms. The molecule has 1 rings (SSSR count). The molecule has 106 valence electrons. The summed E-state index contributed by atoms with van der Waals surface area (Å²) in [5.41, 5.74) is 0.309. The highest BCUT2D eigenvalue weighted by Crippen LogP contribution is 2.25. The molecular formula is C12H14F3NO3. The summed E-state index contributed by atoms with van der Waals surface area (Å²) >= 11 is 0. The van der Waals surface area contributed by atoms with Gasteiger partial charge in [-0.05, 0) is 13.0 Å². The second-order valence-electron chi connectivity index (χ2n) is 3.56. The average Bonchev–Trinajstić information content (AvgIpc) is 2.30. The molecule has 0 aliphatic heterocycles. The molecule has 1 aromatic rings. The van der Waals surface area contributed by atoms with E-state index in [-0.39, 0.29) is 25.4 Å². The van der Waals surface area contributed by atoms with Crippen LogP contribution in [-0.2, 0) is 16.1 Å². The Morgan fingerprint density at radius 1 is 1.32 bits per heavy atom. The molecule has 7 heteroatoms. The maximum atomic E-state index is 12.2. The molecule has 1 aromatic carbocycles. The van der Waals surface area contributed by atoms with Crippen molar-refractivity contribution in [2.75, 3.05) is 13.2 Å². The zero-order valence-electron chi connectivity index (χ0n) is 10.3. The van der Waals surface area contributed by atoms with Crippen LogP contribution in [0.25, 0.3) is 0 Å². The van der Waals surface area contributed by atoms with E-state index in [2.05, 4.69) is 14.8 Å². The average molecular weight is 277 g/mol. The largest absolute Gasteiger partial charge is 0.573 e. The van der Waals surface area contributed by atoms with Crippen LogP contribution in [0, 0.1) is 0 Å². The number of ether oxygens (including phenoxy) is 2. The number of carbonyl (C=O) groups is 1. The lowest BCUT2D eigenvalue weighted by Gasteiger charge is -2.13. The molecule has 0 unspecified atom stereocenters. The van der Waals surface area contributed by atoms with E-state index in [1.54, 1.807) is 13.0 Å². The van der Waals surface area contributed by atoms with Gasteiger partial charge >= 0.3 is 12.3 Å². The normalized spacial score (nSPS) is 11.2. The van der Waals surface area contributed by atoms with Gasteiger partial charge in [-0.1, -0.05) is 18.2 Å². The fourth-order valence-electron chi connectivity index (χ4n) is 1.39. The van der Waals surface area contributed by atoms with E-state index in [4.69, 9.17) is 0 Å². The highest BCUT2D eigenvalue weighted by Gasteiger charge is 2.31. The minimum absolute atomic E-state index is 0.0745. The van der Waals surface area contributed by atoms with E-state index in [9.17, 15) is 18.0 Å². The van der Waals surface area contributed by atoms with Crippen LogP contribution in [0.15, 0.2) is 24.3 Å². The molecule has 0 aliphatic carbocycles. The van der Waals surface area contributed by atoms with Gasteiger partial charge in [-0.25, -0.2) is 0 Å². The summed E-state index contributed by atoms with van der Waals surface area (Å²) in [6, 6.07) is 5.73. The first-order valence-corrected chi connectivity index (χ1v) is 5.62. The fourth-order valence-corrected chi connectivity index (χ4v) is 1.39. The number of hydrogen-bond acceptors (Lipinski definition) is 4. The number of carbonyl (C=O) groups excluding carboxylic acids is 1. The fraction of sp³-hybridized carbons (Fsp3) is 0.417. The Bertz CT molecular complexity index is 421. The molecule has 0 spiro atoms. The van der Waals surface area contributed by atoms with Crippen molar-refractivity contribution in [2.24, 2.45) is 0 Å². The zero-order chi connectivity index (χ0) is 14.3. The predicted molar refractivity (Wildman–Crippen MR) is 61.5 cm³/mol. The second kappa shape index (κ2) is 6.98. The smallest absolute Gasteiger partial charge is 0.465 e. The van der Waals surface area contributed by atoms with Crippen molar-refractivity contribution in [1.82, 2.24) is 5.32 Å². The molecule has 19 heavy (non-hydrogen) atoms. The first kappa shape index (κ1) is 15.3. The van der Waals surface area contributed by atoms with Crippen molar-refractivity contribution in [2.45, 2.75) is 19.8 Å². The third-order valence-corrected chi connectivity index (χ3v) is 2.09. The summed E-state index contributed by atoms with van der Waals surface area (Å²) < 4.78 is 45.0. The van der Waals surface area contributed by atoms with Crippen LogP contribution in [0.3, 0.4) is 0 Å². The van der Waals surface area contributed by atoms with Gasteiger partial charge in [0.25, 0.3) is 0 Å². The van der Waals surface area contributed by atoms with Gasteiger partial charge in [0.05, 0.1) is 13.2 Å². The van der Waals surface area contributed by atoms with E-state index in [0.29, 0.717) is 5.56 Å². The minimum atomic E-state index is -4.74. The van der Waals surface area contributed by atoms with Crippen LogP contribution in [0.2, 0.25) is 0 Å². The molecule has 0 aliphatic rings. The topological polar surface area (TPSA) is 47.6 Å². The Morgan fingerprint density at radius 3 is 2.63 bits per heavy atom. The molecule has 0 amide bonds. The number of hydrogen-bond donors (Lipinski definition) is 1. The van der Waals surface area contributed by atoms with Crippen LogP contribution in [0.4, 0.5) is 13.2 Å². The summed E-state index contributed by atoms with van der Waals surface area (Å²) in [7, 11) is 0. The second-order valence-corrected chi connectivity index (χ2v) is 3.56. The first-order valence-electron chi connectivity index (χ1n) is 5.62. The SMILES string of the molecule is CCOC(=O)CNCc1ccccc1OC(F)(F)F. The lowest BCUT2D eigenvalue weighted by molar-refractivity contribution is -0.274. The highest BCUT2D eigenvalue weighted by atomic mass is 19.4. The minimum Gasteiger partial charge on any atom is -0.465 e. The molecule has 0 radical (unpaired) electrons. The summed E-state index contributed by atoms with van der Waals surface area (Å²) in [5.74, 6) is -0.747. The number of rotatable bonds is 6. The lowest BCUT2D eigenvalue weighted by Crippen LogP contribution is -2.25. The summed E-state index contributed by atoms with van der Waals surface area (Å²) in [6.07, 6.45) is -4.74. The van der Waals surface area contributed by atoms with Gasteiger partial charge in [-0.2, -0.15) is 0 Å². The van der Waals surface area contributed by atoms with Crippen LogP contribution >= 0.6 is 0 Å². The van der Waals surface area contributed by atoms with Crippen molar-refractivity contribution in [3.8, 4) is 5.75 Å². The summed E-state index contributed by atoms with van der Waals surface area (Å²) in [4.78, 5) is 11.1. The van der Waals surface area contributed by atoms with Crippen molar-refractivity contribution in [1.29, 1.82) is 0 Å². The van der Waals surface area contributed by atoms with E-state index in [1.807, 2.05) is 0 Å². The molecule has 0 fully saturated rings. The van der Waals surface area contributed by atoms with Gasteiger partial charge in [-0.3, -0.25) is 4.79 Å². The number of esters is 1. The van der Waals surface area contributed by atoms with Crippen LogP contribution < -0.4 is 10.1 Å². The van der Waals surface area contributed by atoms with Crippen molar-refractivity contribution in [3.05, 3.63) is 29.8 Å². The van der Waals surface area contributed by atoms with E-state index in [0.717, 1.165) is 0 Å². The van der Waals surface area contributed by atoms with Crippen LogP contribution in [0.5, 0.6) is 5.75 Å². The van der Waals surface area contributed by atoms with Gasteiger partial charge < -0.3 is 14.8 Å². The molecule has 1 N–H and O–H groups in total. The molecule has 4 nitrogen and oxygen atoms in total. The van der Waals surface area contributed by atoms with Gasteiger partial charge in [0.15, 0.2) is 0 Å². The molecular weight excluding hydrogens is 263 g/mol. The zero-order valence-corrected chi connectivity index (χ0v) is 10.3. The third-order valence-electron chi connectivity index (χ3n) is 2.09. The van der Waals surface area contributed by atoms with Gasteiger partial charge in [0.2, 0.25) is 0 Å². The van der Waals surface area contributed by atoms with E-state index < -0.39 is 12.3 Å². The molecule has 0 saturated carbocycles. The lowest BCUT2D eigenvalue weighted by atomic mass is 10.2. The first-order chi connectivity index (χ1) is 8.92. The number of para-hydroxylation sites is 1. The maximum Gasteiger partial charge on any atom is 0.573 e. The number of alkyl halides is 3. The Balaban J connectivity index is 2.56. The Morgan fingerprint density at radius 2 is 2.00 bits per heavy atom. The number of nitrogens with one attached hydrogen (secondary N) is 1. The van der Waals surface area contributed by atoms with Crippen molar-refractivity contribution in [3.63, 3.8) is 0 Å². The monoisotopic (exact) mass is 277 g/mol. The molecule has 0 aromatic heterocycles. The highest BCUT2D eigenvalue weighted by molar-refractivity contribution is 5.71. The molecule has 0 saturated heterocycles. The Hall–Kier alpha value is -1.76. The van der Waals surface area contributed by atoms with Crippen molar-refractivity contribution < 1.29 is 27.4 Å². The number of benzene rings is 1. The molecule has 0 atom stereocenters. The van der Waals surface area contributed by atoms with E-state index >= 15 is 0 Å². The Labute approximate surface area is 108 Å². The van der Waals surface area contributed by atoms with Crippen LogP contribution in [0.1, 0.15) is 12.5 Å². The van der Waals surface area contributed by atoms with Gasteiger partial charge in [-0.15, -0.1) is 13.2 Å². The molecule has 0 heterocycles. The standard InChI is InChI=1S/C12H14F3NO3/c1-2-18-11(17)8-16-7-9-5-3-4-6-10(9)19-12(13,14)15/h3-6,16H,2,7-8H2,1H3.